The molecular weight excluding hydrogens is 484 g/mol. The Morgan fingerprint density at radius 2 is 1.40 bits per heavy atom. The highest BCUT2D eigenvalue weighted by molar-refractivity contribution is 5.72. The van der Waals surface area contributed by atoms with Gasteiger partial charge < -0.3 is 9.84 Å². The molecule has 0 unspecified atom stereocenters. The molecule has 2 nitrogen and oxygen atoms in total. The van der Waals surface area contributed by atoms with Crippen LogP contribution in [0, 0.1) is 29.1 Å². The maximum Gasteiger partial charge on any atom is 0.573 e. The van der Waals surface area contributed by atoms with Gasteiger partial charge in [0.05, 0.1) is 5.56 Å². The second kappa shape index (κ2) is 10.5. The molecule has 0 saturated heterocycles. The fourth-order valence-electron chi connectivity index (χ4n) is 3.67. The fraction of sp³-hybridized carbons (Fsp3) is 0.280. The van der Waals surface area contributed by atoms with E-state index in [4.69, 9.17) is 0 Å². The van der Waals surface area contributed by atoms with Gasteiger partial charge >= 0.3 is 6.36 Å². The second-order valence-electron chi connectivity index (χ2n) is 7.90. The molecule has 35 heavy (non-hydrogen) atoms. The first-order chi connectivity index (χ1) is 16.4. The number of hydrogen-bond acceptors (Lipinski definition) is 2. The largest absolute Gasteiger partial charge is 0.573 e. The number of alkyl halides is 3. The van der Waals surface area contributed by atoms with Gasteiger partial charge in [-0.25, -0.2) is 22.0 Å². The van der Waals surface area contributed by atoms with Gasteiger partial charge in [0.1, 0.15) is 23.2 Å². The molecule has 0 aromatic heterocycles. The average molecular weight is 504 g/mol. The summed E-state index contributed by atoms with van der Waals surface area (Å²) in [7, 11) is 0. The Morgan fingerprint density at radius 1 is 0.771 bits per heavy atom. The van der Waals surface area contributed by atoms with Crippen molar-refractivity contribution in [2.45, 2.75) is 45.4 Å². The van der Waals surface area contributed by atoms with E-state index in [1.165, 1.54) is 12.1 Å². The molecule has 0 bridgehead atoms. The predicted octanol–water partition coefficient (Wildman–Crippen LogP) is 7.78. The van der Waals surface area contributed by atoms with E-state index in [2.05, 4.69) is 4.74 Å². The van der Waals surface area contributed by atoms with Gasteiger partial charge in [-0.1, -0.05) is 25.5 Å². The summed E-state index contributed by atoms with van der Waals surface area (Å²) in [6.07, 6.45) is -3.90. The summed E-state index contributed by atoms with van der Waals surface area (Å²) < 4.78 is 112. The van der Waals surface area contributed by atoms with Crippen LogP contribution < -0.4 is 4.74 Å². The lowest BCUT2D eigenvalue weighted by Gasteiger charge is -2.14. The van der Waals surface area contributed by atoms with Gasteiger partial charge in [0.15, 0.2) is 11.6 Å². The summed E-state index contributed by atoms with van der Waals surface area (Å²) in [6, 6.07) is 5.73. The Bertz CT molecular complexity index is 1200. The summed E-state index contributed by atoms with van der Waals surface area (Å²) >= 11 is 0. The monoisotopic (exact) mass is 504 g/mol. The smallest absolute Gasteiger partial charge is 0.507 e. The molecular formula is C25H20F8O2. The van der Waals surface area contributed by atoms with Crippen LogP contribution in [0.1, 0.15) is 36.5 Å². The van der Waals surface area contributed by atoms with E-state index in [1.807, 2.05) is 6.92 Å². The molecule has 0 spiro atoms. The Labute approximate surface area is 195 Å². The topological polar surface area (TPSA) is 29.5 Å². The van der Waals surface area contributed by atoms with Crippen molar-refractivity contribution in [3.8, 4) is 22.6 Å². The van der Waals surface area contributed by atoms with E-state index < -0.39 is 64.5 Å². The highest BCUT2D eigenvalue weighted by atomic mass is 19.4. The lowest BCUT2D eigenvalue weighted by atomic mass is 9.95. The van der Waals surface area contributed by atoms with Crippen LogP contribution in [0.25, 0.3) is 11.1 Å². The SMILES string of the molecule is CCCCc1ccc(-c2c(O)cc(F)c(CCc3cc(F)c(OC(F)(F)F)c(F)c3)c2F)c(F)c1. The Morgan fingerprint density at radius 3 is 1.97 bits per heavy atom. The third-order valence-corrected chi connectivity index (χ3v) is 5.35. The lowest BCUT2D eigenvalue weighted by Crippen LogP contribution is -2.19. The fourth-order valence-corrected chi connectivity index (χ4v) is 3.67. The van der Waals surface area contributed by atoms with Crippen LogP contribution in [0.3, 0.4) is 0 Å². The summed E-state index contributed by atoms with van der Waals surface area (Å²) in [4.78, 5) is 0. The molecule has 3 aromatic carbocycles. The summed E-state index contributed by atoms with van der Waals surface area (Å²) in [6.45, 7) is 1.96. The number of unbranched alkanes of at least 4 members (excludes halogenated alkanes) is 1. The molecule has 0 heterocycles. The van der Waals surface area contributed by atoms with Gasteiger partial charge in [0, 0.05) is 17.2 Å². The molecule has 0 atom stereocenters. The number of halogens is 8. The molecule has 0 aliphatic rings. The molecule has 0 amide bonds. The molecule has 1 N–H and O–H groups in total. The second-order valence-corrected chi connectivity index (χ2v) is 7.90. The number of aryl methyl sites for hydroxylation is 2. The number of phenolic OH excluding ortho intramolecular Hbond substituents is 1. The minimum atomic E-state index is -5.32. The minimum absolute atomic E-state index is 0.200. The first kappa shape index (κ1) is 26.3. The minimum Gasteiger partial charge on any atom is -0.507 e. The van der Waals surface area contributed by atoms with Crippen molar-refractivity contribution in [3.63, 3.8) is 0 Å². The number of ether oxygens (including phenoxy) is 1. The van der Waals surface area contributed by atoms with Crippen molar-refractivity contribution >= 4 is 0 Å². The van der Waals surface area contributed by atoms with Gasteiger partial charge in [-0.05, 0) is 55.0 Å². The van der Waals surface area contributed by atoms with Crippen molar-refractivity contribution in [1.82, 2.24) is 0 Å². The van der Waals surface area contributed by atoms with E-state index in [-0.39, 0.29) is 17.5 Å². The zero-order chi connectivity index (χ0) is 25.9. The molecule has 10 heteroatoms. The Kier molecular flexibility index (Phi) is 7.92. The van der Waals surface area contributed by atoms with Crippen molar-refractivity contribution in [2.24, 2.45) is 0 Å². The molecule has 0 radical (unpaired) electrons. The van der Waals surface area contributed by atoms with E-state index in [0.29, 0.717) is 30.2 Å². The summed E-state index contributed by atoms with van der Waals surface area (Å²) in [5.41, 5.74) is -1.00. The van der Waals surface area contributed by atoms with Crippen LogP contribution in [0.2, 0.25) is 0 Å². The number of benzene rings is 3. The van der Waals surface area contributed by atoms with E-state index in [9.17, 15) is 35.8 Å². The predicted molar refractivity (Wildman–Crippen MR) is 112 cm³/mol. The maximum atomic E-state index is 15.2. The number of hydrogen-bond donors (Lipinski definition) is 1. The van der Waals surface area contributed by atoms with Gasteiger partial charge in [-0.3, -0.25) is 0 Å². The summed E-state index contributed by atoms with van der Waals surface area (Å²) in [5, 5.41) is 10.1. The van der Waals surface area contributed by atoms with Crippen molar-refractivity contribution in [1.29, 1.82) is 0 Å². The third kappa shape index (κ3) is 6.23. The molecule has 188 valence electrons. The average Bonchev–Trinajstić information content (AvgIpc) is 2.75. The highest BCUT2D eigenvalue weighted by Crippen LogP contribution is 2.38. The van der Waals surface area contributed by atoms with E-state index >= 15 is 4.39 Å². The zero-order valence-corrected chi connectivity index (χ0v) is 18.4. The number of phenols is 1. The molecule has 0 fully saturated rings. The molecule has 0 aliphatic heterocycles. The van der Waals surface area contributed by atoms with Gasteiger partial charge in [-0.15, -0.1) is 13.2 Å². The van der Waals surface area contributed by atoms with Crippen molar-refractivity contribution in [2.75, 3.05) is 0 Å². The van der Waals surface area contributed by atoms with Gasteiger partial charge in [-0.2, -0.15) is 0 Å². The highest BCUT2D eigenvalue weighted by Gasteiger charge is 2.34. The zero-order valence-electron chi connectivity index (χ0n) is 18.4. The van der Waals surface area contributed by atoms with Crippen LogP contribution in [0.5, 0.6) is 11.5 Å². The Hall–Kier alpha value is -3.30. The first-order valence-electron chi connectivity index (χ1n) is 10.6. The summed E-state index contributed by atoms with van der Waals surface area (Å²) in [5.74, 6) is -9.04. The molecule has 0 saturated carbocycles. The Balaban J connectivity index is 1.91. The van der Waals surface area contributed by atoms with Gasteiger partial charge in [0.2, 0.25) is 5.75 Å². The van der Waals surface area contributed by atoms with Crippen LogP contribution in [-0.2, 0) is 19.3 Å². The first-order valence-corrected chi connectivity index (χ1v) is 10.6. The van der Waals surface area contributed by atoms with Crippen LogP contribution in [0.15, 0.2) is 36.4 Å². The van der Waals surface area contributed by atoms with Crippen LogP contribution in [-0.4, -0.2) is 11.5 Å². The number of rotatable bonds is 8. The van der Waals surface area contributed by atoms with E-state index in [0.717, 1.165) is 12.8 Å². The lowest BCUT2D eigenvalue weighted by molar-refractivity contribution is -0.276. The number of aromatic hydroxyl groups is 1. The maximum absolute atomic E-state index is 15.2. The van der Waals surface area contributed by atoms with Crippen LogP contribution in [0.4, 0.5) is 35.1 Å². The van der Waals surface area contributed by atoms with Crippen molar-refractivity contribution < 1.29 is 45.0 Å². The van der Waals surface area contributed by atoms with Gasteiger partial charge in [0.25, 0.3) is 0 Å². The quantitative estimate of drug-likeness (QED) is 0.318. The standard InChI is InChI=1S/C25H20F8O2/c1-2-3-4-13-5-7-15(17(26)9-13)22-21(34)12-18(27)16(23(22)30)8-6-14-10-19(28)24(20(29)11-14)35-25(31,32)33/h5,7,9-12,34H,2-4,6,8H2,1H3. The molecule has 3 aromatic rings. The normalized spacial score (nSPS) is 11.7. The molecule has 0 aliphatic carbocycles. The third-order valence-electron chi connectivity index (χ3n) is 5.35. The van der Waals surface area contributed by atoms with E-state index in [1.54, 1.807) is 6.07 Å². The molecule has 3 rings (SSSR count). The van der Waals surface area contributed by atoms with Crippen molar-refractivity contribution in [3.05, 3.63) is 82.2 Å². The van der Waals surface area contributed by atoms with Crippen LogP contribution >= 0.6 is 0 Å².